The van der Waals surface area contributed by atoms with Gasteiger partial charge in [0.25, 0.3) is 0 Å². The number of fused-ring (bicyclic) bond motifs is 1. The summed E-state index contributed by atoms with van der Waals surface area (Å²) in [5, 5.41) is 23.3. The van der Waals surface area contributed by atoms with Gasteiger partial charge in [-0.3, -0.25) is 9.59 Å². The standard InChI is InChI=1S/C13H10O4.Ni/c1-7-2-8-4-11(15)12(16)5-9(8)10(3-7)13(17)6-14;/h2-6,15-16H,1H3;/q;+2/p-2. The minimum absolute atomic E-state index is 0. The first-order valence-corrected chi connectivity index (χ1v) is 4.95. The van der Waals surface area contributed by atoms with Crippen LogP contribution in [-0.4, -0.2) is 12.1 Å². The number of aryl methyl sites for hydroxylation is 1. The fourth-order valence-electron chi connectivity index (χ4n) is 1.79. The maximum absolute atomic E-state index is 11.4. The van der Waals surface area contributed by atoms with Crippen LogP contribution in [0.5, 0.6) is 11.5 Å². The molecule has 0 atom stereocenters. The van der Waals surface area contributed by atoms with Gasteiger partial charge < -0.3 is 10.2 Å². The van der Waals surface area contributed by atoms with Gasteiger partial charge in [0, 0.05) is 5.56 Å². The minimum Gasteiger partial charge on any atom is -0.873 e. The second kappa shape index (κ2) is 5.19. The molecule has 4 nitrogen and oxygen atoms in total. The third-order valence-corrected chi connectivity index (χ3v) is 2.53. The summed E-state index contributed by atoms with van der Waals surface area (Å²) < 4.78 is 0. The first kappa shape index (κ1) is 14.2. The van der Waals surface area contributed by atoms with Gasteiger partial charge in [0.15, 0.2) is 6.29 Å². The van der Waals surface area contributed by atoms with Crippen LogP contribution in [0.4, 0.5) is 0 Å². The smallest absolute Gasteiger partial charge is 0.873 e. The van der Waals surface area contributed by atoms with Crippen LogP contribution in [0.25, 0.3) is 10.8 Å². The first-order chi connectivity index (χ1) is 8.02. The topological polar surface area (TPSA) is 80.3 Å². The van der Waals surface area contributed by atoms with Crippen molar-refractivity contribution in [3.05, 3.63) is 35.4 Å². The Morgan fingerprint density at radius 3 is 2.33 bits per heavy atom. The van der Waals surface area contributed by atoms with Crippen LogP contribution < -0.4 is 10.2 Å². The van der Waals surface area contributed by atoms with Gasteiger partial charge in [-0.25, -0.2) is 0 Å². The van der Waals surface area contributed by atoms with E-state index in [9.17, 15) is 19.8 Å². The molecule has 2 aromatic carbocycles. The van der Waals surface area contributed by atoms with Crippen molar-refractivity contribution in [3.8, 4) is 11.5 Å². The van der Waals surface area contributed by atoms with E-state index in [0.717, 1.165) is 11.6 Å². The molecule has 0 radical (unpaired) electrons. The molecule has 0 aliphatic heterocycles. The van der Waals surface area contributed by atoms with E-state index in [4.69, 9.17) is 0 Å². The Kier molecular flexibility index (Phi) is 4.09. The summed E-state index contributed by atoms with van der Waals surface area (Å²) in [6.07, 6.45) is 0.198. The van der Waals surface area contributed by atoms with E-state index in [0.29, 0.717) is 10.8 Å². The predicted molar refractivity (Wildman–Crippen MR) is 58.0 cm³/mol. The van der Waals surface area contributed by atoms with Gasteiger partial charge in [0.05, 0.1) is 0 Å². The predicted octanol–water partition coefficient (Wildman–Crippen LogP) is 0.675. The van der Waals surface area contributed by atoms with Crippen molar-refractivity contribution in [2.24, 2.45) is 0 Å². The molecule has 0 saturated heterocycles. The maximum atomic E-state index is 11.4. The van der Waals surface area contributed by atoms with E-state index in [1.54, 1.807) is 13.0 Å². The van der Waals surface area contributed by atoms with Crippen LogP contribution in [0, 0.1) is 6.92 Å². The molecule has 18 heavy (non-hydrogen) atoms. The number of benzene rings is 2. The van der Waals surface area contributed by atoms with Crippen molar-refractivity contribution < 1.29 is 36.3 Å². The molecule has 0 N–H and O–H groups in total. The fraction of sp³-hybridized carbons (Fsp3) is 0.0769. The third-order valence-electron chi connectivity index (χ3n) is 2.53. The van der Waals surface area contributed by atoms with Gasteiger partial charge >= 0.3 is 16.5 Å². The normalized spacial score (nSPS) is 9.83. The van der Waals surface area contributed by atoms with Gasteiger partial charge in [-0.15, -0.1) is 11.5 Å². The van der Waals surface area contributed by atoms with E-state index < -0.39 is 17.3 Å². The SMILES string of the molecule is Cc1cc(C(=O)C=O)c2cc([O-])c([O-])cc2c1.[Ni+2]. The Morgan fingerprint density at radius 2 is 1.72 bits per heavy atom. The van der Waals surface area contributed by atoms with E-state index in [1.807, 2.05) is 0 Å². The third kappa shape index (κ3) is 2.36. The zero-order valence-electron chi connectivity index (χ0n) is 9.34. The van der Waals surface area contributed by atoms with Gasteiger partial charge in [0.2, 0.25) is 5.78 Å². The molecular formula is C13H8NiO4. The van der Waals surface area contributed by atoms with Crippen molar-refractivity contribution in [1.82, 2.24) is 0 Å². The number of ketones is 1. The summed E-state index contributed by atoms with van der Waals surface area (Å²) in [6, 6.07) is 5.51. The van der Waals surface area contributed by atoms with E-state index in [1.165, 1.54) is 12.1 Å². The average molecular weight is 287 g/mol. The fourth-order valence-corrected chi connectivity index (χ4v) is 1.79. The number of carbonyl (C=O) groups is 2. The zero-order chi connectivity index (χ0) is 12.6. The van der Waals surface area contributed by atoms with Crippen molar-refractivity contribution >= 4 is 22.8 Å². The van der Waals surface area contributed by atoms with Crippen LogP contribution in [0.15, 0.2) is 24.3 Å². The molecule has 5 heteroatoms. The number of carbonyl (C=O) groups excluding carboxylic acids is 2. The number of aldehydes is 1. The maximum Gasteiger partial charge on any atom is 2.00 e. The van der Waals surface area contributed by atoms with Crippen LogP contribution in [0.3, 0.4) is 0 Å². The summed E-state index contributed by atoms with van der Waals surface area (Å²) in [5.74, 6) is -1.99. The van der Waals surface area contributed by atoms with Crippen LogP contribution in [-0.2, 0) is 21.3 Å². The van der Waals surface area contributed by atoms with Crippen molar-refractivity contribution in [3.63, 3.8) is 0 Å². The van der Waals surface area contributed by atoms with E-state index in [-0.39, 0.29) is 28.3 Å². The molecule has 0 fully saturated rings. The van der Waals surface area contributed by atoms with E-state index >= 15 is 0 Å². The quantitative estimate of drug-likeness (QED) is 0.352. The Morgan fingerprint density at radius 1 is 1.11 bits per heavy atom. The van der Waals surface area contributed by atoms with Gasteiger partial charge in [-0.1, -0.05) is 18.2 Å². The minimum atomic E-state index is -0.697. The molecule has 94 valence electrons. The second-order valence-corrected chi connectivity index (χ2v) is 3.81. The number of rotatable bonds is 2. The molecule has 0 saturated carbocycles. The molecule has 0 aliphatic rings. The molecule has 0 spiro atoms. The Labute approximate surface area is 113 Å². The Balaban J connectivity index is 0.00000162. The molecule has 2 aromatic rings. The number of hydrogen-bond donors (Lipinski definition) is 0. The summed E-state index contributed by atoms with van der Waals surface area (Å²) >= 11 is 0. The zero-order valence-corrected chi connectivity index (χ0v) is 10.3. The van der Waals surface area contributed by atoms with Crippen LogP contribution in [0.2, 0.25) is 0 Å². The first-order valence-electron chi connectivity index (χ1n) is 4.95. The molecule has 0 aliphatic carbocycles. The number of hydrogen-bond acceptors (Lipinski definition) is 4. The molecule has 0 amide bonds. The average Bonchev–Trinajstić information content (AvgIpc) is 2.29. The van der Waals surface area contributed by atoms with E-state index in [2.05, 4.69) is 0 Å². The summed E-state index contributed by atoms with van der Waals surface area (Å²) in [5.41, 5.74) is 0.910. The van der Waals surface area contributed by atoms with Crippen LogP contribution in [0.1, 0.15) is 15.9 Å². The molecular weight excluding hydrogens is 279 g/mol. The molecule has 0 bridgehead atoms. The molecule has 0 heterocycles. The molecule has 2 rings (SSSR count). The van der Waals surface area contributed by atoms with Crippen molar-refractivity contribution in [2.45, 2.75) is 6.92 Å². The molecule has 0 aromatic heterocycles. The molecule has 0 unspecified atom stereocenters. The van der Waals surface area contributed by atoms with Gasteiger partial charge in [-0.2, -0.15) is 0 Å². The van der Waals surface area contributed by atoms with Gasteiger partial charge in [-0.05, 0) is 29.3 Å². The largest absolute Gasteiger partial charge is 2.00 e. The van der Waals surface area contributed by atoms with Crippen LogP contribution >= 0.6 is 0 Å². The Bertz CT molecular complexity index is 634. The van der Waals surface area contributed by atoms with Crippen molar-refractivity contribution in [1.29, 1.82) is 0 Å². The monoisotopic (exact) mass is 286 g/mol. The second-order valence-electron chi connectivity index (χ2n) is 3.81. The summed E-state index contributed by atoms with van der Waals surface area (Å²) in [7, 11) is 0. The van der Waals surface area contributed by atoms with Gasteiger partial charge in [0.1, 0.15) is 0 Å². The van der Waals surface area contributed by atoms with Crippen molar-refractivity contribution in [2.75, 3.05) is 0 Å². The summed E-state index contributed by atoms with van der Waals surface area (Å²) in [4.78, 5) is 22.0. The number of Topliss-reactive ketones (excluding diaryl/α,β-unsaturated/α-hetero) is 1. The summed E-state index contributed by atoms with van der Waals surface area (Å²) in [6.45, 7) is 1.75. The Hall–Kier alpha value is -1.87.